The summed E-state index contributed by atoms with van der Waals surface area (Å²) in [6.07, 6.45) is 0. The van der Waals surface area contributed by atoms with E-state index in [1.165, 1.54) is 0 Å². The van der Waals surface area contributed by atoms with E-state index >= 15 is 0 Å². The number of carbonyl (C=O) groups excluding carboxylic acids is 1. The molecular formula is C9H8Cl3NO. The molecule has 0 spiro atoms. The van der Waals surface area contributed by atoms with Crippen LogP contribution >= 0.6 is 34.8 Å². The van der Waals surface area contributed by atoms with Gasteiger partial charge in [0, 0.05) is 6.54 Å². The number of alkyl halides is 1. The predicted octanol–water partition coefficient (Wildman–Crippen LogP) is 2.85. The van der Waals surface area contributed by atoms with Crippen LogP contribution in [-0.2, 0) is 11.3 Å². The van der Waals surface area contributed by atoms with Crippen molar-refractivity contribution in [2.24, 2.45) is 0 Å². The fourth-order valence-electron chi connectivity index (χ4n) is 0.926. The van der Waals surface area contributed by atoms with E-state index < -0.39 is 0 Å². The summed E-state index contributed by atoms with van der Waals surface area (Å²) in [4.78, 5) is 10.9. The van der Waals surface area contributed by atoms with Gasteiger partial charge < -0.3 is 5.32 Å². The Balaban J connectivity index is 2.68. The highest BCUT2D eigenvalue weighted by Crippen LogP contribution is 2.25. The Morgan fingerprint density at radius 2 is 2.07 bits per heavy atom. The van der Waals surface area contributed by atoms with Gasteiger partial charge in [-0.05, 0) is 11.6 Å². The van der Waals surface area contributed by atoms with Crippen molar-refractivity contribution in [3.63, 3.8) is 0 Å². The third-order valence-electron chi connectivity index (χ3n) is 1.63. The molecule has 0 aliphatic carbocycles. The number of halogens is 3. The van der Waals surface area contributed by atoms with Crippen molar-refractivity contribution in [3.8, 4) is 0 Å². The normalized spacial score (nSPS) is 9.93. The van der Waals surface area contributed by atoms with Gasteiger partial charge >= 0.3 is 0 Å². The first kappa shape index (κ1) is 11.6. The Morgan fingerprint density at radius 1 is 1.36 bits per heavy atom. The van der Waals surface area contributed by atoms with E-state index in [0.29, 0.717) is 16.6 Å². The Kier molecular flexibility index (Phi) is 4.52. The summed E-state index contributed by atoms with van der Waals surface area (Å²) >= 11 is 17.0. The number of hydrogen-bond donors (Lipinski definition) is 1. The van der Waals surface area contributed by atoms with Gasteiger partial charge in [0.15, 0.2) is 0 Å². The maximum Gasteiger partial charge on any atom is 0.235 e. The third kappa shape index (κ3) is 3.05. The average Bonchev–Trinajstić information content (AvgIpc) is 2.20. The number of carbonyl (C=O) groups is 1. The van der Waals surface area contributed by atoms with Gasteiger partial charge in [0.2, 0.25) is 5.91 Å². The van der Waals surface area contributed by atoms with Crippen molar-refractivity contribution < 1.29 is 4.79 Å². The van der Waals surface area contributed by atoms with Crippen LogP contribution in [0.5, 0.6) is 0 Å². The van der Waals surface area contributed by atoms with E-state index in [0.717, 1.165) is 5.56 Å². The summed E-state index contributed by atoms with van der Waals surface area (Å²) < 4.78 is 0. The van der Waals surface area contributed by atoms with E-state index in [1.807, 2.05) is 0 Å². The lowest BCUT2D eigenvalue weighted by Crippen LogP contribution is -2.23. The van der Waals surface area contributed by atoms with Gasteiger partial charge in [-0.15, -0.1) is 11.6 Å². The molecule has 1 aromatic rings. The fourth-order valence-corrected chi connectivity index (χ4v) is 1.41. The molecule has 0 bridgehead atoms. The molecule has 0 fully saturated rings. The number of amides is 1. The summed E-state index contributed by atoms with van der Waals surface area (Å²) in [6.45, 7) is 0.338. The SMILES string of the molecule is O=C(CCl)NCc1cccc(Cl)c1Cl. The zero-order valence-electron chi connectivity index (χ0n) is 7.19. The summed E-state index contributed by atoms with van der Waals surface area (Å²) in [7, 11) is 0. The lowest BCUT2D eigenvalue weighted by molar-refractivity contribution is -0.118. The molecule has 0 atom stereocenters. The topological polar surface area (TPSA) is 29.1 Å². The first-order valence-corrected chi connectivity index (χ1v) is 5.19. The molecule has 1 amide bonds. The van der Waals surface area contributed by atoms with Gasteiger partial charge in [-0.25, -0.2) is 0 Å². The van der Waals surface area contributed by atoms with E-state index in [4.69, 9.17) is 34.8 Å². The number of nitrogens with one attached hydrogen (secondary N) is 1. The standard InChI is InChI=1S/C9H8Cl3NO/c10-4-8(14)13-5-6-2-1-3-7(11)9(6)12/h1-3H,4-5H2,(H,13,14). The second-order valence-corrected chi connectivity index (χ2v) is 3.68. The van der Waals surface area contributed by atoms with E-state index in [2.05, 4.69) is 5.32 Å². The van der Waals surface area contributed by atoms with Crippen molar-refractivity contribution in [3.05, 3.63) is 33.8 Å². The third-order valence-corrected chi connectivity index (χ3v) is 2.73. The zero-order chi connectivity index (χ0) is 10.6. The minimum absolute atomic E-state index is 0.0574. The van der Waals surface area contributed by atoms with Gasteiger partial charge in [-0.2, -0.15) is 0 Å². The molecule has 0 aliphatic heterocycles. The molecule has 0 radical (unpaired) electrons. The molecule has 0 heterocycles. The molecule has 0 unspecified atom stereocenters. The molecule has 76 valence electrons. The Hall–Kier alpha value is -0.440. The largest absolute Gasteiger partial charge is 0.351 e. The number of hydrogen-bond acceptors (Lipinski definition) is 1. The van der Waals surface area contributed by atoms with Crippen molar-refractivity contribution in [2.75, 3.05) is 5.88 Å². The number of rotatable bonds is 3. The van der Waals surface area contributed by atoms with Crippen molar-refractivity contribution in [1.82, 2.24) is 5.32 Å². The molecule has 2 nitrogen and oxygen atoms in total. The van der Waals surface area contributed by atoms with Gasteiger partial charge in [-0.3, -0.25) is 4.79 Å². The summed E-state index contributed by atoms with van der Waals surface area (Å²) in [5.41, 5.74) is 0.776. The van der Waals surface area contributed by atoms with Crippen molar-refractivity contribution >= 4 is 40.7 Å². The molecule has 0 saturated heterocycles. The molecule has 5 heteroatoms. The van der Waals surface area contributed by atoms with Gasteiger partial charge in [-0.1, -0.05) is 35.3 Å². The maximum atomic E-state index is 10.9. The minimum atomic E-state index is -0.234. The van der Waals surface area contributed by atoms with Crippen LogP contribution in [0, 0.1) is 0 Å². The van der Waals surface area contributed by atoms with Crippen LogP contribution in [0.3, 0.4) is 0 Å². The van der Waals surface area contributed by atoms with E-state index in [-0.39, 0.29) is 11.8 Å². The summed E-state index contributed by atoms with van der Waals surface area (Å²) in [5.74, 6) is -0.291. The Labute approximate surface area is 97.1 Å². The zero-order valence-corrected chi connectivity index (χ0v) is 9.46. The fraction of sp³-hybridized carbons (Fsp3) is 0.222. The van der Waals surface area contributed by atoms with Gasteiger partial charge in [0.05, 0.1) is 10.0 Å². The van der Waals surface area contributed by atoms with Crippen LogP contribution < -0.4 is 5.32 Å². The molecule has 0 saturated carbocycles. The van der Waals surface area contributed by atoms with E-state index in [1.54, 1.807) is 18.2 Å². The highest BCUT2D eigenvalue weighted by atomic mass is 35.5. The highest BCUT2D eigenvalue weighted by molar-refractivity contribution is 6.42. The highest BCUT2D eigenvalue weighted by Gasteiger charge is 2.05. The van der Waals surface area contributed by atoms with Crippen LogP contribution in [0.25, 0.3) is 0 Å². The summed E-state index contributed by atoms with van der Waals surface area (Å²) in [6, 6.07) is 5.26. The average molecular weight is 253 g/mol. The van der Waals surface area contributed by atoms with Crippen LogP contribution in [0.2, 0.25) is 10.0 Å². The predicted molar refractivity (Wildman–Crippen MR) is 59.0 cm³/mol. The van der Waals surface area contributed by atoms with Crippen molar-refractivity contribution in [1.29, 1.82) is 0 Å². The molecule has 0 aliphatic rings. The minimum Gasteiger partial charge on any atom is -0.351 e. The number of benzene rings is 1. The second kappa shape index (κ2) is 5.44. The molecule has 1 rings (SSSR count). The van der Waals surface area contributed by atoms with Gasteiger partial charge in [0.25, 0.3) is 0 Å². The molecular weight excluding hydrogens is 244 g/mol. The maximum absolute atomic E-state index is 10.9. The second-order valence-electron chi connectivity index (χ2n) is 2.62. The van der Waals surface area contributed by atoms with Crippen LogP contribution in [0.1, 0.15) is 5.56 Å². The van der Waals surface area contributed by atoms with Crippen molar-refractivity contribution in [2.45, 2.75) is 6.54 Å². The molecule has 14 heavy (non-hydrogen) atoms. The Bertz CT molecular complexity index is 341. The quantitative estimate of drug-likeness (QED) is 0.824. The lowest BCUT2D eigenvalue weighted by Gasteiger charge is -2.06. The van der Waals surface area contributed by atoms with E-state index in [9.17, 15) is 4.79 Å². The summed E-state index contributed by atoms with van der Waals surface area (Å²) in [5, 5.41) is 3.54. The first-order chi connectivity index (χ1) is 6.65. The van der Waals surface area contributed by atoms with Gasteiger partial charge in [0.1, 0.15) is 5.88 Å². The molecule has 0 aromatic heterocycles. The lowest BCUT2D eigenvalue weighted by atomic mass is 10.2. The first-order valence-electron chi connectivity index (χ1n) is 3.90. The molecule has 1 N–H and O–H groups in total. The smallest absolute Gasteiger partial charge is 0.235 e. The monoisotopic (exact) mass is 251 g/mol. The van der Waals surface area contributed by atoms with Crippen LogP contribution in [0.15, 0.2) is 18.2 Å². The van der Waals surface area contributed by atoms with Crippen LogP contribution in [0.4, 0.5) is 0 Å². The Morgan fingerprint density at radius 3 is 2.71 bits per heavy atom. The van der Waals surface area contributed by atoms with Crippen LogP contribution in [-0.4, -0.2) is 11.8 Å². The molecule has 1 aromatic carbocycles.